The maximum absolute atomic E-state index is 12.2. The van der Waals surface area contributed by atoms with E-state index in [-0.39, 0.29) is 12.5 Å². The highest BCUT2D eigenvalue weighted by molar-refractivity contribution is 5.93. The van der Waals surface area contributed by atoms with Gasteiger partial charge in [0.1, 0.15) is 11.5 Å². The fraction of sp³-hybridized carbons (Fsp3) is 0.412. The number of benzene rings is 1. The predicted octanol–water partition coefficient (Wildman–Crippen LogP) is 1.99. The standard InChI is InChI=1S/C17H24N4O3/c1-5-21-11-13(9-18-21)10-20(2)12-17(22)19-15-7-6-14(23-3)8-16(15)24-4/h6-9,11H,5,10,12H2,1-4H3,(H,19,22). The minimum Gasteiger partial charge on any atom is -0.497 e. The number of likely N-dealkylation sites (N-methyl/N-ethyl adjacent to an activating group) is 1. The molecule has 0 spiro atoms. The molecule has 1 N–H and O–H groups in total. The van der Waals surface area contributed by atoms with Crippen LogP contribution in [0.5, 0.6) is 11.5 Å². The Morgan fingerprint density at radius 3 is 2.75 bits per heavy atom. The number of nitrogens with zero attached hydrogens (tertiary/aromatic N) is 3. The van der Waals surface area contributed by atoms with Crippen LogP contribution >= 0.6 is 0 Å². The van der Waals surface area contributed by atoms with Crippen LogP contribution in [-0.4, -0.2) is 48.4 Å². The van der Waals surface area contributed by atoms with Gasteiger partial charge >= 0.3 is 0 Å². The van der Waals surface area contributed by atoms with E-state index in [4.69, 9.17) is 9.47 Å². The monoisotopic (exact) mass is 332 g/mol. The largest absolute Gasteiger partial charge is 0.497 e. The highest BCUT2D eigenvalue weighted by atomic mass is 16.5. The summed E-state index contributed by atoms with van der Waals surface area (Å²) in [5.41, 5.74) is 1.70. The topological polar surface area (TPSA) is 68.6 Å². The van der Waals surface area contributed by atoms with Gasteiger partial charge in [-0.1, -0.05) is 0 Å². The molecular weight excluding hydrogens is 308 g/mol. The second-order valence-corrected chi connectivity index (χ2v) is 5.49. The lowest BCUT2D eigenvalue weighted by Gasteiger charge is -2.16. The fourth-order valence-corrected chi connectivity index (χ4v) is 2.37. The van der Waals surface area contributed by atoms with E-state index in [1.807, 2.05) is 35.9 Å². The second kappa shape index (κ2) is 8.35. The molecule has 1 aromatic heterocycles. The van der Waals surface area contributed by atoms with Crippen molar-refractivity contribution in [3.05, 3.63) is 36.2 Å². The van der Waals surface area contributed by atoms with Crippen molar-refractivity contribution in [2.24, 2.45) is 0 Å². The fourth-order valence-electron chi connectivity index (χ4n) is 2.37. The number of aryl methyl sites for hydroxylation is 1. The number of rotatable bonds is 8. The molecule has 0 aliphatic heterocycles. The van der Waals surface area contributed by atoms with Crippen molar-refractivity contribution in [3.8, 4) is 11.5 Å². The first-order valence-corrected chi connectivity index (χ1v) is 7.77. The van der Waals surface area contributed by atoms with Gasteiger partial charge in [-0.2, -0.15) is 5.10 Å². The highest BCUT2D eigenvalue weighted by Crippen LogP contribution is 2.28. The molecule has 0 fully saturated rings. The molecule has 24 heavy (non-hydrogen) atoms. The molecule has 0 aliphatic carbocycles. The summed E-state index contributed by atoms with van der Waals surface area (Å²) in [6.07, 6.45) is 3.81. The first-order valence-electron chi connectivity index (χ1n) is 7.77. The summed E-state index contributed by atoms with van der Waals surface area (Å²) >= 11 is 0. The van der Waals surface area contributed by atoms with Crippen LogP contribution in [0, 0.1) is 0 Å². The molecule has 1 heterocycles. The average Bonchev–Trinajstić information content (AvgIpc) is 3.02. The van der Waals surface area contributed by atoms with E-state index in [1.165, 1.54) is 0 Å². The molecule has 7 heteroatoms. The molecule has 0 aliphatic rings. The molecule has 0 bridgehead atoms. The van der Waals surface area contributed by atoms with E-state index < -0.39 is 0 Å². The Morgan fingerprint density at radius 2 is 2.12 bits per heavy atom. The Hall–Kier alpha value is -2.54. The van der Waals surface area contributed by atoms with E-state index in [2.05, 4.69) is 10.4 Å². The van der Waals surface area contributed by atoms with Gasteiger partial charge in [-0.3, -0.25) is 14.4 Å². The lowest BCUT2D eigenvalue weighted by atomic mass is 10.2. The molecule has 0 radical (unpaired) electrons. The van der Waals surface area contributed by atoms with Gasteiger partial charge in [-0.15, -0.1) is 0 Å². The molecule has 2 aromatic rings. The van der Waals surface area contributed by atoms with Crippen molar-refractivity contribution in [2.45, 2.75) is 20.0 Å². The van der Waals surface area contributed by atoms with E-state index >= 15 is 0 Å². The minimum atomic E-state index is -0.108. The number of carbonyl (C=O) groups excluding carboxylic acids is 1. The Bertz CT molecular complexity index is 684. The number of carbonyl (C=O) groups is 1. The summed E-state index contributed by atoms with van der Waals surface area (Å²) in [5, 5.41) is 7.10. The van der Waals surface area contributed by atoms with Crippen molar-refractivity contribution < 1.29 is 14.3 Å². The van der Waals surface area contributed by atoms with Gasteiger partial charge in [0.25, 0.3) is 0 Å². The van der Waals surface area contributed by atoms with Gasteiger partial charge in [0.15, 0.2) is 0 Å². The second-order valence-electron chi connectivity index (χ2n) is 5.49. The van der Waals surface area contributed by atoms with Gasteiger partial charge < -0.3 is 14.8 Å². The number of aromatic nitrogens is 2. The predicted molar refractivity (Wildman–Crippen MR) is 92.4 cm³/mol. The zero-order valence-electron chi connectivity index (χ0n) is 14.6. The molecule has 1 amide bonds. The number of amides is 1. The van der Waals surface area contributed by atoms with E-state index in [1.54, 1.807) is 32.4 Å². The van der Waals surface area contributed by atoms with Crippen LogP contribution in [0.25, 0.3) is 0 Å². The third-order valence-electron chi connectivity index (χ3n) is 3.56. The van der Waals surface area contributed by atoms with Crippen LogP contribution in [0.1, 0.15) is 12.5 Å². The van der Waals surface area contributed by atoms with Gasteiger partial charge in [0.2, 0.25) is 5.91 Å². The zero-order valence-corrected chi connectivity index (χ0v) is 14.6. The summed E-state index contributed by atoms with van der Waals surface area (Å²) in [5.74, 6) is 1.13. The lowest BCUT2D eigenvalue weighted by Crippen LogP contribution is -2.29. The number of anilines is 1. The van der Waals surface area contributed by atoms with Crippen molar-refractivity contribution in [3.63, 3.8) is 0 Å². The molecule has 7 nitrogen and oxygen atoms in total. The quantitative estimate of drug-likeness (QED) is 0.801. The van der Waals surface area contributed by atoms with Gasteiger partial charge in [-0.25, -0.2) is 0 Å². The summed E-state index contributed by atoms with van der Waals surface area (Å²) in [7, 11) is 5.04. The molecule has 0 saturated carbocycles. The highest BCUT2D eigenvalue weighted by Gasteiger charge is 2.12. The Balaban J connectivity index is 1.92. The smallest absolute Gasteiger partial charge is 0.238 e. The SMILES string of the molecule is CCn1cc(CN(C)CC(=O)Nc2ccc(OC)cc2OC)cn1. The van der Waals surface area contributed by atoms with Crippen molar-refractivity contribution >= 4 is 11.6 Å². The number of methoxy groups -OCH3 is 2. The lowest BCUT2D eigenvalue weighted by molar-refractivity contribution is -0.117. The van der Waals surface area contributed by atoms with Crippen molar-refractivity contribution in [1.29, 1.82) is 0 Å². The number of hydrogen-bond donors (Lipinski definition) is 1. The zero-order chi connectivity index (χ0) is 17.5. The van der Waals surface area contributed by atoms with Gasteiger partial charge in [0.05, 0.1) is 32.6 Å². The van der Waals surface area contributed by atoms with Crippen LogP contribution in [0.15, 0.2) is 30.6 Å². The van der Waals surface area contributed by atoms with Gasteiger partial charge in [-0.05, 0) is 26.1 Å². The molecule has 2 rings (SSSR count). The minimum absolute atomic E-state index is 0.108. The third-order valence-corrected chi connectivity index (χ3v) is 3.56. The Morgan fingerprint density at radius 1 is 1.33 bits per heavy atom. The van der Waals surface area contributed by atoms with Gasteiger partial charge in [0, 0.05) is 30.9 Å². The summed E-state index contributed by atoms with van der Waals surface area (Å²) in [4.78, 5) is 14.2. The van der Waals surface area contributed by atoms with Crippen LogP contribution < -0.4 is 14.8 Å². The van der Waals surface area contributed by atoms with Crippen LogP contribution in [0.2, 0.25) is 0 Å². The first kappa shape index (κ1) is 17.8. The molecule has 0 saturated heterocycles. The third kappa shape index (κ3) is 4.73. The maximum atomic E-state index is 12.2. The van der Waals surface area contributed by atoms with Crippen LogP contribution in [0.4, 0.5) is 5.69 Å². The van der Waals surface area contributed by atoms with E-state index in [9.17, 15) is 4.79 Å². The molecule has 0 atom stereocenters. The number of nitrogens with one attached hydrogen (secondary N) is 1. The molecule has 0 unspecified atom stereocenters. The molecule has 1 aromatic carbocycles. The normalized spacial score (nSPS) is 10.7. The van der Waals surface area contributed by atoms with Crippen LogP contribution in [-0.2, 0) is 17.9 Å². The average molecular weight is 332 g/mol. The Labute approximate surface area is 142 Å². The van der Waals surface area contributed by atoms with Crippen molar-refractivity contribution in [2.75, 3.05) is 33.1 Å². The van der Waals surface area contributed by atoms with Crippen molar-refractivity contribution in [1.82, 2.24) is 14.7 Å². The van der Waals surface area contributed by atoms with E-state index in [0.29, 0.717) is 23.7 Å². The maximum Gasteiger partial charge on any atom is 0.238 e. The Kier molecular flexibility index (Phi) is 6.20. The van der Waals surface area contributed by atoms with Crippen LogP contribution in [0.3, 0.4) is 0 Å². The number of hydrogen-bond acceptors (Lipinski definition) is 5. The number of ether oxygens (including phenoxy) is 2. The van der Waals surface area contributed by atoms with E-state index in [0.717, 1.165) is 12.1 Å². The summed E-state index contributed by atoms with van der Waals surface area (Å²) in [6.45, 7) is 3.80. The molecular formula is C17H24N4O3. The first-order chi connectivity index (χ1) is 11.5. The summed E-state index contributed by atoms with van der Waals surface area (Å²) in [6, 6.07) is 5.28. The summed E-state index contributed by atoms with van der Waals surface area (Å²) < 4.78 is 12.3. The molecule has 130 valence electrons.